The van der Waals surface area contributed by atoms with Gasteiger partial charge in [0.2, 0.25) is 0 Å². The van der Waals surface area contributed by atoms with Crippen LogP contribution in [0.1, 0.15) is 115 Å². The van der Waals surface area contributed by atoms with Gasteiger partial charge in [-0.3, -0.25) is 14.9 Å². The Hall–Kier alpha value is -4.52. The summed E-state index contributed by atoms with van der Waals surface area (Å²) in [5, 5.41) is 2.86. The molecule has 3 N–H and O–H groups in total. The van der Waals surface area contributed by atoms with Gasteiger partial charge in [0, 0.05) is 30.9 Å². The number of nitrogen functional groups attached to an aromatic ring is 1. The number of anilines is 2. The van der Waals surface area contributed by atoms with E-state index in [1.165, 1.54) is 14.2 Å². The smallest absolute Gasteiger partial charge is 0.412 e. The molecule has 0 bridgehead atoms. The number of unbranched alkanes of at least 4 members (excludes halogenated alkanes) is 2. The molecule has 2 atom stereocenters. The second-order valence-corrected chi connectivity index (χ2v) is 31.4. The maximum Gasteiger partial charge on any atom is 0.412 e. The fraction of sp³-hybridized carbons (Fsp3) is 0.620. The molecule has 0 radical (unpaired) electrons. The van der Waals surface area contributed by atoms with E-state index in [1.54, 1.807) is 54.8 Å². The lowest BCUT2D eigenvalue weighted by atomic mass is 10.1. The number of likely N-dealkylation sites (tertiary alicyclic amines) is 2. The van der Waals surface area contributed by atoms with Crippen molar-refractivity contribution >= 4 is 45.9 Å². The van der Waals surface area contributed by atoms with Gasteiger partial charge in [-0.1, -0.05) is 65.8 Å². The first-order valence-electron chi connectivity index (χ1n) is 23.2. The van der Waals surface area contributed by atoms with Crippen molar-refractivity contribution in [2.75, 3.05) is 64.8 Å². The van der Waals surface area contributed by atoms with Crippen molar-refractivity contribution in [1.82, 2.24) is 9.80 Å². The molecule has 2 fully saturated rings. The monoisotopic (exact) mass is 953 g/mol. The number of carbonyl (C=O) groups is 3. The highest BCUT2D eigenvalue weighted by Crippen LogP contribution is 2.41. The molecule has 4 rings (SSSR count). The molecule has 3 amide bonds. The molecule has 2 heterocycles. The quantitative estimate of drug-likeness (QED) is 0.0597. The first-order chi connectivity index (χ1) is 30.5. The topological polar surface area (TPSA) is 160 Å². The summed E-state index contributed by atoms with van der Waals surface area (Å²) in [6.45, 7) is 38.0. The molecule has 368 valence electrons. The molecule has 2 aliphatic heterocycles. The van der Waals surface area contributed by atoms with E-state index < -0.39 is 28.3 Å². The minimum Gasteiger partial charge on any atom is -0.493 e. The number of hydrogen-bond acceptors (Lipinski definition) is 11. The summed E-state index contributed by atoms with van der Waals surface area (Å²) in [5.41, 5.74) is 8.77. The van der Waals surface area contributed by atoms with E-state index in [9.17, 15) is 14.4 Å². The van der Waals surface area contributed by atoms with Crippen molar-refractivity contribution in [3.05, 3.63) is 59.7 Å². The molecule has 2 aromatic rings. The highest BCUT2D eigenvalue weighted by molar-refractivity contribution is 6.74. The molecule has 2 saturated heterocycles. The zero-order chi connectivity index (χ0) is 49.6. The number of carbonyl (C=O) groups excluding carboxylic acids is 3. The van der Waals surface area contributed by atoms with Gasteiger partial charge in [0.25, 0.3) is 11.8 Å². The zero-order valence-electron chi connectivity index (χ0n) is 42.7. The van der Waals surface area contributed by atoms with E-state index in [-0.39, 0.29) is 45.2 Å². The fourth-order valence-corrected chi connectivity index (χ4v) is 9.27. The van der Waals surface area contributed by atoms with E-state index in [0.29, 0.717) is 99.4 Å². The second-order valence-electron chi connectivity index (χ2n) is 21.7. The van der Waals surface area contributed by atoms with Crippen LogP contribution < -0.4 is 30.0 Å². The van der Waals surface area contributed by atoms with Crippen LogP contribution in [0.5, 0.6) is 23.0 Å². The Labute approximate surface area is 397 Å². The van der Waals surface area contributed by atoms with Gasteiger partial charge in [-0.05, 0) is 101 Å². The maximum absolute atomic E-state index is 14.4. The average Bonchev–Trinajstić information content (AvgIpc) is 3.77. The largest absolute Gasteiger partial charge is 0.493 e. The Bertz CT molecular complexity index is 2090. The predicted molar refractivity (Wildman–Crippen MR) is 269 cm³/mol. The van der Waals surface area contributed by atoms with Crippen LogP contribution in [0.2, 0.25) is 36.3 Å². The van der Waals surface area contributed by atoms with Gasteiger partial charge in [-0.2, -0.15) is 0 Å². The minimum absolute atomic E-state index is 0.00967. The maximum atomic E-state index is 14.4. The first kappa shape index (κ1) is 54.1. The van der Waals surface area contributed by atoms with Crippen LogP contribution in [-0.4, -0.2) is 116 Å². The third-order valence-electron chi connectivity index (χ3n) is 13.2. The van der Waals surface area contributed by atoms with Crippen LogP contribution in [0.4, 0.5) is 16.2 Å². The van der Waals surface area contributed by atoms with Gasteiger partial charge in [-0.15, -0.1) is 0 Å². The van der Waals surface area contributed by atoms with E-state index in [0.717, 1.165) is 17.6 Å². The van der Waals surface area contributed by atoms with Crippen molar-refractivity contribution in [3.63, 3.8) is 0 Å². The van der Waals surface area contributed by atoms with Gasteiger partial charge in [0.15, 0.2) is 39.6 Å². The van der Waals surface area contributed by atoms with Crippen LogP contribution in [0.15, 0.2) is 48.6 Å². The van der Waals surface area contributed by atoms with Crippen LogP contribution >= 0.6 is 0 Å². The molecule has 2 aromatic carbocycles. The summed E-state index contributed by atoms with van der Waals surface area (Å²) in [6, 6.07) is 6.17. The molecular weight excluding hydrogens is 873 g/mol. The number of benzene rings is 2. The number of hydrogen-bond donors (Lipinski definition) is 2. The van der Waals surface area contributed by atoms with Crippen LogP contribution in [0.3, 0.4) is 0 Å². The highest BCUT2D eigenvalue weighted by Gasteiger charge is 2.42. The molecule has 0 unspecified atom stereocenters. The summed E-state index contributed by atoms with van der Waals surface area (Å²) in [6.07, 6.45) is 2.72. The molecule has 0 aliphatic carbocycles. The molecular formula is C50H80N4O10Si2. The van der Waals surface area contributed by atoms with Gasteiger partial charge in [0.1, 0.15) is 5.60 Å². The van der Waals surface area contributed by atoms with E-state index in [2.05, 4.69) is 86.2 Å². The van der Waals surface area contributed by atoms with E-state index >= 15 is 0 Å². The van der Waals surface area contributed by atoms with Crippen molar-refractivity contribution in [1.29, 1.82) is 0 Å². The van der Waals surface area contributed by atoms with Gasteiger partial charge >= 0.3 is 6.09 Å². The summed E-state index contributed by atoms with van der Waals surface area (Å²) in [5.74, 6) is 1.09. The van der Waals surface area contributed by atoms with E-state index in [4.69, 9.17) is 38.3 Å². The Balaban J connectivity index is 1.40. The lowest BCUT2D eigenvalue weighted by Crippen LogP contribution is -2.46. The van der Waals surface area contributed by atoms with Gasteiger partial charge in [-0.25, -0.2) is 4.79 Å². The number of ether oxygens (including phenoxy) is 5. The first-order valence-corrected chi connectivity index (χ1v) is 29.0. The highest BCUT2D eigenvalue weighted by atomic mass is 28.4. The number of nitrogens with zero attached hydrogens (tertiary/aromatic N) is 2. The molecule has 66 heavy (non-hydrogen) atoms. The second kappa shape index (κ2) is 21.6. The van der Waals surface area contributed by atoms with Crippen LogP contribution in [-0.2, 0) is 13.6 Å². The average molecular weight is 953 g/mol. The third-order valence-corrected chi connectivity index (χ3v) is 22.2. The Morgan fingerprint density at radius 2 is 1.09 bits per heavy atom. The Morgan fingerprint density at radius 3 is 1.52 bits per heavy atom. The molecule has 16 heteroatoms. The van der Waals surface area contributed by atoms with Gasteiger partial charge < -0.3 is 48.1 Å². The van der Waals surface area contributed by atoms with Crippen molar-refractivity contribution in [2.45, 2.75) is 148 Å². The number of amides is 3. The fourth-order valence-electron chi connectivity index (χ4n) is 7.19. The van der Waals surface area contributed by atoms with E-state index in [1.807, 2.05) is 0 Å². The number of nitrogens with one attached hydrogen (secondary N) is 1. The molecule has 0 aromatic heterocycles. The van der Waals surface area contributed by atoms with Crippen molar-refractivity contribution in [2.24, 2.45) is 0 Å². The van der Waals surface area contributed by atoms with Crippen LogP contribution in [0, 0.1) is 0 Å². The summed E-state index contributed by atoms with van der Waals surface area (Å²) in [7, 11) is -1.07. The summed E-state index contributed by atoms with van der Waals surface area (Å²) >= 11 is 0. The summed E-state index contributed by atoms with van der Waals surface area (Å²) in [4.78, 5) is 45.0. The SMILES string of the molecule is C=C1C[C@H](CO[Si](C)(C)C(C)(C)C)N(C(=O)c2cc(OC)c(OCCCCCOc3cc(NC(=O)OC(C)(C)C)c(C(=O)N4CC(=C)C[C@@H]4CO[Si](C)(C)C(C)(C)C)cc3OC)cc2N)C1. The molecule has 0 saturated carbocycles. The standard InChI is InChI=1S/C50H80N4O10Si2/c1-33-23-35(31-62-65(14,15)49(6,7)8)53(29-33)45(55)37-25-41(58-12)43(27-39(37)51)60-21-19-18-20-22-61-44-28-40(52-47(57)64-48(3,4)5)38(26-42(44)59-13)46(56)54-30-34(2)24-36(54)32-63-66(16,17)50(9,10)11/h25-28,35-36H,1-2,18-24,29-32,51H2,3-17H3,(H,52,57)/t35-,36-/m1/s1. The Morgan fingerprint density at radius 1 is 0.667 bits per heavy atom. The number of nitrogens with two attached hydrogens (primary N) is 1. The van der Waals surface area contributed by atoms with Crippen molar-refractivity contribution < 1.29 is 46.9 Å². The Kier molecular flexibility index (Phi) is 17.7. The van der Waals surface area contributed by atoms with Crippen molar-refractivity contribution in [3.8, 4) is 23.0 Å². The van der Waals surface area contributed by atoms with Gasteiger partial charge in [0.05, 0.1) is 69.5 Å². The normalized spacial score (nSPS) is 17.3. The molecule has 0 spiro atoms. The molecule has 14 nitrogen and oxygen atoms in total. The zero-order valence-corrected chi connectivity index (χ0v) is 44.7. The lowest BCUT2D eigenvalue weighted by Gasteiger charge is -2.38. The minimum atomic E-state index is -2.09. The molecule has 2 aliphatic rings. The third kappa shape index (κ3) is 14.0. The number of methoxy groups -OCH3 is 2. The predicted octanol–water partition coefficient (Wildman–Crippen LogP) is 10.8. The number of rotatable bonds is 19. The lowest BCUT2D eigenvalue weighted by molar-refractivity contribution is 0.0634. The van der Waals surface area contributed by atoms with Crippen LogP contribution in [0.25, 0.3) is 0 Å². The summed E-state index contributed by atoms with van der Waals surface area (Å²) < 4.78 is 42.4.